The van der Waals surface area contributed by atoms with Gasteiger partial charge in [0.2, 0.25) is 0 Å². The third kappa shape index (κ3) is 19.7. The van der Waals surface area contributed by atoms with Crippen molar-refractivity contribution in [1.82, 2.24) is 0 Å². The molecule has 0 rings (SSSR count). The minimum atomic E-state index is -3.75. The van der Waals surface area contributed by atoms with E-state index in [0.717, 1.165) is 0 Å². The summed E-state index contributed by atoms with van der Waals surface area (Å²) < 4.78 is 66.2. The van der Waals surface area contributed by atoms with Crippen LogP contribution in [-0.2, 0) is 65.7 Å². The van der Waals surface area contributed by atoms with Gasteiger partial charge in [-0.1, -0.05) is 0 Å². The Kier molecular flexibility index (Phi) is 15.5. The standard InChI is InChI=1S/C22H54O15Si8/c1-19(23)27-38(5,6)31-39(7,8)32-42(13,14)36-45(18,30-22(4)26)37-43(15,16)34-40(9,10)33-41(11,12)35-44(17,28-20(2)24)29-21(3)25/h1-18H3. The smallest absolute Gasteiger partial charge is 0.495 e. The second-order valence-electron chi connectivity index (χ2n) is 13.2. The lowest BCUT2D eigenvalue weighted by Gasteiger charge is -2.43. The fraction of sp³-hybridized carbons (Fsp3) is 0.818. The first-order chi connectivity index (χ1) is 19.6. The van der Waals surface area contributed by atoms with E-state index in [-0.39, 0.29) is 0 Å². The Morgan fingerprint density at radius 1 is 0.289 bits per heavy atom. The molecule has 0 aliphatic carbocycles. The van der Waals surface area contributed by atoms with Crippen LogP contribution in [0, 0.1) is 0 Å². The molecule has 0 fully saturated rings. The van der Waals surface area contributed by atoms with E-state index in [1.807, 2.05) is 13.1 Å². The van der Waals surface area contributed by atoms with Crippen LogP contribution >= 0.6 is 0 Å². The highest BCUT2D eigenvalue weighted by atomic mass is 28.5. The normalized spacial score (nSPS) is 15.2. The molecule has 0 radical (unpaired) electrons. The summed E-state index contributed by atoms with van der Waals surface area (Å²) in [6.45, 7) is 29.4. The van der Waals surface area contributed by atoms with Crippen LogP contribution < -0.4 is 0 Å². The number of carbonyl (C=O) groups is 4. The summed E-state index contributed by atoms with van der Waals surface area (Å²) in [6, 6.07) is 0. The third-order valence-corrected chi connectivity index (χ3v) is 33.5. The molecular formula is C22H54O15Si8. The molecule has 0 spiro atoms. The molecule has 1 atom stereocenters. The highest BCUT2D eigenvalue weighted by Crippen LogP contribution is 2.30. The van der Waals surface area contributed by atoms with Gasteiger partial charge in [0.1, 0.15) is 0 Å². The molecule has 0 aliphatic heterocycles. The summed E-state index contributed by atoms with van der Waals surface area (Å²) in [4.78, 5) is 47.2. The van der Waals surface area contributed by atoms with Crippen LogP contribution in [0.3, 0.4) is 0 Å². The summed E-state index contributed by atoms with van der Waals surface area (Å²) in [5.74, 6) is -2.33. The average Bonchev–Trinajstić information content (AvgIpc) is 2.56. The van der Waals surface area contributed by atoms with E-state index in [1.54, 1.807) is 72.0 Å². The molecule has 0 heterocycles. The van der Waals surface area contributed by atoms with Crippen molar-refractivity contribution in [2.45, 2.75) is 119 Å². The van der Waals surface area contributed by atoms with Crippen molar-refractivity contribution in [3.05, 3.63) is 0 Å². The molecular weight excluding hydrogens is 729 g/mol. The first kappa shape index (κ1) is 44.3. The van der Waals surface area contributed by atoms with E-state index in [0.29, 0.717) is 0 Å². The Morgan fingerprint density at radius 2 is 0.489 bits per heavy atom. The van der Waals surface area contributed by atoms with Crippen molar-refractivity contribution in [2.24, 2.45) is 0 Å². The molecule has 0 saturated carbocycles. The van der Waals surface area contributed by atoms with Gasteiger partial charge in [-0.05, 0) is 78.6 Å². The molecule has 15 nitrogen and oxygen atoms in total. The summed E-state index contributed by atoms with van der Waals surface area (Å²) in [5, 5.41) is 0. The average molecular weight is 783 g/mol. The fourth-order valence-electron chi connectivity index (χ4n) is 5.09. The van der Waals surface area contributed by atoms with Crippen LogP contribution in [0.15, 0.2) is 0 Å². The zero-order chi connectivity index (χ0) is 36.1. The van der Waals surface area contributed by atoms with Gasteiger partial charge in [0, 0.05) is 40.8 Å². The van der Waals surface area contributed by atoms with Crippen molar-refractivity contribution < 1.29 is 65.7 Å². The molecule has 0 saturated heterocycles. The van der Waals surface area contributed by atoms with E-state index in [4.69, 9.17) is 46.5 Å². The highest BCUT2D eigenvalue weighted by molar-refractivity contribution is 6.91. The summed E-state index contributed by atoms with van der Waals surface area (Å²) in [5.41, 5.74) is 0. The summed E-state index contributed by atoms with van der Waals surface area (Å²) in [6.07, 6.45) is 0. The van der Waals surface area contributed by atoms with Crippen LogP contribution in [0.2, 0.25) is 91.7 Å². The first-order valence-corrected chi connectivity index (χ1v) is 35.7. The van der Waals surface area contributed by atoms with Gasteiger partial charge >= 0.3 is 69.0 Å². The minimum absolute atomic E-state index is 0.433. The molecule has 0 aromatic carbocycles. The van der Waals surface area contributed by atoms with Gasteiger partial charge in [0.15, 0.2) is 0 Å². The molecule has 264 valence electrons. The van der Waals surface area contributed by atoms with E-state index in [2.05, 4.69) is 0 Å². The van der Waals surface area contributed by atoms with Crippen LogP contribution in [0.1, 0.15) is 27.7 Å². The Bertz CT molecular complexity index is 1070. The molecule has 0 aromatic heterocycles. The molecule has 45 heavy (non-hydrogen) atoms. The van der Waals surface area contributed by atoms with Crippen molar-refractivity contribution >= 4 is 92.9 Å². The van der Waals surface area contributed by atoms with Crippen molar-refractivity contribution in [1.29, 1.82) is 0 Å². The van der Waals surface area contributed by atoms with Crippen molar-refractivity contribution in [3.8, 4) is 0 Å². The van der Waals surface area contributed by atoms with Crippen molar-refractivity contribution in [3.63, 3.8) is 0 Å². The van der Waals surface area contributed by atoms with Gasteiger partial charge in [0.05, 0.1) is 0 Å². The quantitative estimate of drug-likeness (QED) is 0.175. The molecule has 0 aromatic rings. The lowest BCUT2D eigenvalue weighted by Crippen LogP contribution is -2.64. The molecule has 0 N–H and O–H groups in total. The topological polar surface area (TPSA) is 170 Å². The van der Waals surface area contributed by atoms with E-state index >= 15 is 0 Å². The lowest BCUT2D eigenvalue weighted by atomic mass is 10.9. The van der Waals surface area contributed by atoms with E-state index in [9.17, 15) is 19.2 Å². The van der Waals surface area contributed by atoms with Gasteiger partial charge in [-0.2, -0.15) is 0 Å². The van der Waals surface area contributed by atoms with Gasteiger partial charge in [-0.25, -0.2) is 0 Å². The van der Waals surface area contributed by atoms with Crippen LogP contribution in [0.25, 0.3) is 0 Å². The second-order valence-corrected chi connectivity index (χ2v) is 40.0. The molecule has 0 amide bonds. The Labute approximate surface area is 277 Å². The molecule has 1 unspecified atom stereocenters. The number of hydrogen-bond acceptors (Lipinski definition) is 15. The van der Waals surface area contributed by atoms with E-state index in [1.165, 1.54) is 34.2 Å². The van der Waals surface area contributed by atoms with Gasteiger partial charge in [-0.3, -0.25) is 19.2 Å². The maximum Gasteiger partial charge on any atom is 0.623 e. The van der Waals surface area contributed by atoms with Gasteiger partial charge in [0.25, 0.3) is 23.9 Å². The largest absolute Gasteiger partial charge is 0.623 e. The van der Waals surface area contributed by atoms with Crippen LogP contribution in [0.5, 0.6) is 0 Å². The first-order valence-electron chi connectivity index (χ1n) is 14.3. The second kappa shape index (κ2) is 15.7. The Hall–Kier alpha value is -0.665. The summed E-state index contributed by atoms with van der Waals surface area (Å²) in [7, 11) is -25.7. The van der Waals surface area contributed by atoms with E-state index < -0.39 is 92.9 Å². The maximum atomic E-state index is 12.2. The zero-order valence-electron chi connectivity index (χ0n) is 30.1. The monoisotopic (exact) mass is 782 g/mol. The molecule has 0 aliphatic rings. The predicted molar refractivity (Wildman–Crippen MR) is 183 cm³/mol. The van der Waals surface area contributed by atoms with Crippen LogP contribution in [0.4, 0.5) is 0 Å². The highest BCUT2D eigenvalue weighted by Gasteiger charge is 2.55. The minimum Gasteiger partial charge on any atom is -0.495 e. The Morgan fingerprint density at radius 3 is 0.756 bits per heavy atom. The predicted octanol–water partition coefficient (Wildman–Crippen LogP) is 4.70. The Balaban J connectivity index is 5.97. The SMILES string of the molecule is CC(=O)O[Si](C)(C)O[Si](C)(C)O[Si](C)(C)O[Si](C)(OC(C)=O)O[Si](C)(C)O[Si](C)(C)O[Si](C)(C)O[Si](C)(OC(C)=O)OC(C)=O. The zero-order valence-corrected chi connectivity index (χ0v) is 38.1. The fourth-order valence-corrected chi connectivity index (χ4v) is 41.1. The molecule has 23 heteroatoms. The number of rotatable bonds is 18. The molecule has 0 bridgehead atoms. The number of hydrogen-bond donors (Lipinski definition) is 0. The van der Waals surface area contributed by atoms with Crippen molar-refractivity contribution in [2.75, 3.05) is 0 Å². The lowest BCUT2D eigenvalue weighted by molar-refractivity contribution is -0.142. The van der Waals surface area contributed by atoms with Gasteiger partial charge in [-0.15, -0.1) is 0 Å². The summed E-state index contributed by atoms with van der Waals surface area (Å²) >= 11 is 0. The van der Waals surface area contributed by atoms with Gasteiger partial charge < -0.3 is 46.5 Å². The third-order valence-electron chi connectivity index (χ3n) is 4.64. The van der Waals surface area contributed by atoms with Crippen LogP contribution in [-0.4, -0.2) is 92.9 Å². The number of carbonyl (C=O) groups excluding carboxylic acids is 4. The maximum absolute atomic E-state index is 12.2.